The van der Waals surface area contributed by atoms with Crippen molar-refractivity contribution in [1.29, 1.82) is 0 Å². The van der Waals surface area contributed by atoms with Gasteiger partial charge in [0, 0.05) is 5.92 Å². The molecule has 0 N–H and O–H groups in total. The van der Waals surface area contributed by atoms with E-state index in [-0.39, 0.29) is 0 Å². The van der Waals surface area contributed by atoms with Crippen LogP contribution in [0, 0.1) is 11.8 Å². The van der Waals surface area contributed by atoms with Crippen LogP contribution in [0.1, 0.15) is 47.0 Å². The van der Waals surface area contributed by atoms with Crippen LogP contribution in [0.3, 0.4) is 0 Å². The average molecular weight is 156 g/mol. The quantitative estimate of drug-likeness (QED) is 0.598. The first-order chi connectivity index (χ1) is 5.17. The van der Waals surface area contributed by atoms with E-state index in [0.29, 0.717) is 17.6 Å². The summed E-state index contributed by atoms with van der Waals surface area (Å²) in [6.45, 7) is 8.15. The van der Waals surface area contributed by atoms with Gasteiger partial charge in [-0.15, -0.1) is 0 Å². The standard InChI is InChI=1S/C10H20O/c1-5-9(6-2)10(7-3)8(4)11/h9-10H,5-7H2,1-4H3. The van der Waals surface area contributed by atoms with E-state index in [1.807, 2.05) is 0 Å². The van der Waals surface area contributed by atoms with E-state index in [4.69, 9.17) is 0 Å². The topological polar surface area (TPSA) is 17.1 Å². The van der Waals surface area contributed by atoms with Gasteiger partial charge in [0.25, 0.3) is 0 Å². The normalized spacial score (nSPS) is 13.5. The second kappa shape index (κ2) is 5.34. The van der Waals surface area contributed by atoms with Crippen molar-refractivity contribution in [3.05, 3.63) is 0 Å². The van der Waals surface area contributed by atoms with E-state index < -0.39 is 0 Å². The molecule has 0 aliphatic carbocycles. The van der Waals surface area contributed by atoms with Gasteiger partial charge in [-0.25, -0.2) is 0 Å². The molecule has 0 amide bonds. The van der Waals surface area contributed by atoms with Crippen molar-refractivity contribution in [1.82, 2.24) is 0 Å². The zero-order chi connectivity index (χ0) is 8.85. The number of carbonyl (C=O) groups excluding carboxylic acids is 1. The molecule has 0 aromatic heterocycles. The molecule has 0 heterocycles. The molecule has 1 nitrogen and oxygen atoms in total. The van der Waals surface area contributed by atoms with E-state index in [2.05, 4.69) is 20.8 Å². The molecule has 1 unspecified atom stereocenters. The third kappa shape index (κ3) is 3.04. The van der Waals surface area contributed by atoms with Gasteiger partial charge in [-0.2, -0.15) is 0 Å². The third-order valence-electron chi connectivity index (χ3n) is 2.58. The number of Topliss-reactive ketones (excluding diaryl/α,β-unsaturated/α-hetero) is 1. The van der Waals surface area contributed by atoms with Crippen molar-refractivity contribution in [2.45, 2.75) is 47.0 Å². The lowest BCUT2D eigenvalue weighted by molar-refractivity contribution is -0.122. The Kier molecular flexibility index (Phi) is 5.18. The first-order valence-electron chi connectivity index (χ1n) is 4.67. The number of hydrogen-bond donors (Lipinski definition) is 0. The number of ketones is 1. The fourth-order valence-electron chi connectivity index (χ4n) is 1.81. The molecule has 0 saturated carbocycles. The number of rotatable bonds is 5. The fourth-order valence-corrected chi connectivity index (χ4v) is 1.81. The Hall–Kier alpha value is -0.330. The summed E-state index contributed by atoms with van der Waals surface area (Å²) in [5.41, 5.74) is 0. The molecular weight excluding hydrogens is 136 g/mol. The molecule has 0 spiro atoms. The van der Waals surface area contributed by atoms with Crippen LogP contribution in [0.4, 0.5) is 0 Å². The Balaban J connectivity index is 4.09. The molecule has 11 heavy (non-hydrogen) atoms. The van der Waals surface area contributed by atoms with Gasteiger partial charge in [0.05, 0.1) is 0 Å². The summed E-state index contributed by atoms with van der Waals surface area (Å²) in [5, 5.41) is 0. The second-order valence-electron chi connectivity index (χ2n) is 3.20. The highest BCUT2D eigenvalue weighted by Crippen LogP contribution is 2.22. The Bertz CT molecular complexity index is 114. The van der Waals surface area contributed by atoms with Crippen molar-refractivity contribution in [3.63, 3.8) is 0 Å². The van der Waals surface area contributed by atoms with E-state index in [1.165, 1.54) is 0 Å². The summed E-state index contributed by atoms with van der Waals surface area (Å²) in [6, 6.07) is 0. The van der Waals surface area contributed by atoms with Crippen LogP contribution < -0.4 is 0 Å². The highest BCUT2D eigenvalue weighted by molar-refractivity contribution is 5.78. The average Bonchev–Trinajstić information content (AvgIpc) is 1.99. The second-order valence-corrected chi connectivity index (χ2v) is 3.20. The van der Waals surface area contributed by atoms with Crippen LogP contribution >= 0.6 is 0 Å². The lowest BCUT2D eigenvalue weighted by atomic mass is 9.83. The van der Waals surface area contributed by atoms with Gasteiger partial charge >= 0.3 is 0 Å². The lowest BCUT2D eigenvalue weighted by Gasteiger charge is -2.20. The third-order valence-corrected chi connectivity index (χ3v) is 2.58. The molecule has 0 aromatic rings. The Morgan fingerprint density at radius 1 is 1.09 bits per heavy atom. The van der Waals surface area contributed by atoms with Gasteiger partial charge in [0.2, 0.25) is 0 Å². The minimum Gasteiger partial charge on any atom is -0.300 e. The predicted molar refractivity (Wildman–Crippen MR) is 48.5 cm³/mol. The molecular formula is C10H20O. The highest BCUT2D eigenvalue weighted by Gasteiger charge is 2.20. The van der Waals surface area contributed by atoms with Gasteiger partial charge in [-0.3, -0.25) is 4.79 Å². The SMILES string of the molecule is CCC(CC)C(CC)C(C)=O. The van der Waals surface area contributed by atoms with E-state index in [0.717, 1.165) is 19.3 Å². The van der Waals surface area contributed by atoms with Gasteiger partial charge < -0.3 is 0 Å². The molecule has 1 heteroatoms. The maximum atomic E-state index is 11.1. The molecule has 0 rings (SSSR count). The van der Waals surface area contributed by atoms with Gasteiger partial charge in [0.15, 0.2) is 0 Å². The first kappa shape index (κ1) is 10.7. The maximum Gasteiger partial charge on any atom is 0.133 e. The summed E-state index contributed by atoms with van der Waals surface area (Å²) in [7, 11) is 0. The van der Waals surface area contributed by atoms with Crippen LogP contribution in [0.2, 0.25) is 0 Å². The molecule has 0 aromatic carbocycles. The largest absolute Gasteiger partial charge is 0.300 e. The van der Waals surface area contributed by atoms with Crippen molar-refractivity contribution in [2.75, 3.05) is 0 Å². The monoisotopic (exact) mass is 156 g/mol. The van der Waals surface area contributed by atoms with E-state index in [9.17, 15) is 4.79 Å². The van der Waals surface area contributed by atoms with Crippen LogP contribution in [-0.2, 0) is 4.79 Å². The smallest absolute Gasteiger partial charge is 0.133 e. The molecule has 0 fully saturated rings. The minimum atomic E-state index is 0.310. The Morgan fingerprint density at radius 3 is 1.64 bits per heavy atom. The minimum absolute atomic E-state index is 0.310. The van der Waals surface area contributed by atoms with Gasteiger partial charge in [-0.05, 0) is 19.3 Å². The molecule has 1 atom stereocenters. The first-order valence-corrected chi connectivity index (χ1v) is 4.67. The van der Waals surface area contributed by atoms with Crippen molar-refractivity contribution in [3.8, 4) is 0 Å². The predicted octanol–water partition coefficient (Wildman–Crippen LogP) is 3.04. The molecule has 0 bridgehead atoms. The highest BCUT2D eigenvalue weighted by atomic mass is 16.1. The maximum absolute atomic E-state index is 11.1. The summed E-state index contributed by atoms with van der Waals surface area (Å²) in [5.74, 6) is 1.28. The van der Waals surface area contributed by atoms with Gasteiger partial charge in [-0.1, -0.05) is 33.6 Å². The molecule has 0 aliphatic heterocycles. The Morgan fingerprint density at radius 2 is 1.55 bits per heavy atom. The fraction of sp³-hybridized carbons (Fsp3) is 0.900. The molecule has 0 saturated heterocycles. The van der Waals surface area contributed by atoms with Crippen molar-refractivity contribution >= 4 is 5.78 Å². The van der Waals surface area contributed by atoms with Crippen LogP contribution in [0.15, 0.2) is 0 Å². The van der Waals surface area contributed by atoms with Crippen molar-refractivity contribution in [2.24, 2.45) is 11.8 Å². The van der Waals surface area contributed by atoms with Crippen LogP contribution in [0.5, 0.6) is 0 Å². The number of carbonyl (C=O) groups is 1. The van der Waals surface area contributed by atoms with E-state index >= 15 is 0 Å². The van der Waals surface area contributed by atoms with E-state index in [1.54, 1.807) is 6.92 Å². The molecule has 66 valence electrons. The summed E-state index contributed by atoms with van der Waals surface area (Å²) < 4.78 is 0. The van der Waals surface area contributed by atoms with Crippen molar-refractivity contribution < 1.29 is 4.79 Å². The molecule has 0 aliphatic rings. The Labute approximate surface area is 70.2 Å². The van der Waals surface area contributed by atoms with Gasteiger partial charge in [0.1, 0.15) is 5.78 Å². The summed E-state index contributed by atoms with van der Waals surface area (Å²) in [4.78, 5) is 11.1. The molecule has 0 radical (unpaired) electrons. The zero-order valence-corrected chi connectivity index (χ0v) is 8.18. The summed E-state index contributed by atoms with van der Waals surface area (Å²) >= 11 is 0. The number of hydrogen-bond acceptors (Lipinski definition) is 1. The lowest BCUT2D eigenvalue weighted by Crippen LogP contribution is -2.19. The zero-order valence-electron chi connectivity index (χ0n) is 8.18. The van der Waals surface area contributed by atoms with Crippen LogP contribution in [0.25, 0.3) is 0 Å². The summed E-state index contributed by atoms with van der Waals surface area (Å²) in [6.07, 6.45) is 3.27. The van der Waals surface area contributed by atoms with Crippen LogP contribution in [-0.4, -0.2) is 5.78 Å².